The number of rotatable bonds is 6. The fourth-order valence-corrected chi connectivity index (χ4v) is 4.18. The number of esters is 2. The third kappa shape index (κ3) is 5.92. The van der Waals surface area contributed by atoms with Gasteiger partial charge in [-0.3, -0.25) is 14.5 Å². The molecule has 0 amide bonds. The van der Waals surface area contributed by atoms with Gasteiger partial charge in [0.25, 0.3) is 0 Å². The Morgan fingerprint density at radius 3 is 2.19 bits per heavy atom. The molecule has 6 nitrogen and oxygen atoms in total. The van der Waals surface area contributed by atoms with Gasteiger partial charge in [0.2, 0.25) is 0 Å². The van der Waals surface area contributed by atoms with Crippen LogP contribution in [-0.4, -0.2) is 55.0 Å². The van der Waals surface area contributed by atoms with E-state index < -0.39 is 11.0 Å². The number of hydrogen-bond donors (Lipinski definition) is 0. The molecule has 1 unspecified atom stereocenters. The smallest absolute Gasteiger partial charge is 0.313 e. The van der Waals surface area contributed by atoms with Crippen LogP contribution in [0.2, 0.25) is 0 Å². The molecule has 0 spiro atoms. The van der Waals surface area contributed by atoms with Gasteiger partial charge in [0, 0.05) is 12.6 Å². The molecular weight excluding hydrogens is 346 g/mol. The van der Waals surface area contributed by atoms with Crippen molar-refractivity contribution in [1.29, 1.82) is 0 Å². The standard InChI is InChI=1S/C21H37NO5/c1-20(2,3)27-19(24)21(4,5)17-8-7-13-22(17)14-26-16-11-9-15(10-12-16)18(23)25-6/h15-17H,7-14H2,1-6H3. The molecule has 0 aromatic carbocycles. The van der Waals surface area contributed by atoms with Crippen LogP contribution in [0.3, 0.4) is 0 Å². The van der Waals surface area contributed by atoms with Gasteiger partial charge in [-0.05, 0) is 73.1 Å². The van der Waals surface area contributed by atoms with Crippen molar-refractivity contribution in [3.05, 3.63) is 0 Å². The maximum Gasteiger partial charge on any atom is 0.313 e. The van der Waals surface area contributed by atoms with E-state index in [-0.39, 0.29) is 30.0 Å². The molecule has 0 radical (unpaired) electrons. The number of carbonyl (C=O) groups excluding carboxylic acids is 2. The van der Waals surface area contributed by atoms with Crippen LogP contribution in [0.1, 0.15) is 73.1 Å². The van der Waals surface area contributed by atoms with E-state index in [4.69, 9.17) is 14.2 Å². The van der Waals surface area contributed by atoms with Crippen molar-refractivity contribution in [1.82, 2.24) is 4.90 Å². The van der Waals surface area contributed by atoms with E-state index in [9.17, 15) is 9.59 Å². The van der Waals surface area contributed by atoms with Gasteiger partial charge in [0.1, 0.15) is 5.60 Å². The lowest BCUT2D eigenvalue weighted by molar-refractivity contribution is -0.170. The quantitative estimate of drug-likeness (QED) is 0.654. The molecule has 1 aliphatic carbocycles. The van der Waals surface area contributed by atoms with Gasteiger partial charge in [0.15, 0.2) is 0 Å². The highest BCUT2D eigenvalue weighted by Gasteiger charge is 2.45. The summed E-state index contributed by atoms with van der Waals surface area (Å²) in [6.45, 7) is 11.1. The predicted octanol–water partition coefficient (Wildman–Crippen LogP) is 3.52. The summed E-state index contributed by atoms with van der Waals surface area (Å²) < 4.78 is 16.7. The largest absolute Gasteiger partial charge is 0.469 e. The molecule has 0 N–H and O–H groups in total. The second-order valence-electron chi connectivity index (χ2n) is 9.49. The predicted molar refractivity (Wildman–Crippen MR) is 103 cm³/mol. The van der Waals surface area contributed by atoms with Crippen molar-refractivity contribution in [2.24, 2.45) is 11.3 Å². The highest BCUT2D eigenvalue weighted by atomic mass is 16.6. The Morgan fingerprint density at radius 2 is 1.63 bits per heavy atom. The van der Waals surface area contributed by atoms with Gasteiger partial charge in [0.05, 0.1) is 31.3 Å². The van der Waals surface area contributed by atoms with Crippen LogP contribution in [0, 0.1) is 11.3 Å². The average molecular weight is 384 g/mol. The maximum atomic E-state index is 12.7. The Morgan fingerprint density at radius 1 is 1.00 bits per heavy atom. The first-order valence-corrected chi connectivity index (χ1v) is 10.2. The molecule has 0 aromatic rings. The summed E-state index contributed by atoms with van der Waals surface area (Å²) in [5.41, 5.74) is -1.05. The van der Waals surface area contributed by atoms with Crippen LogP contribution >= 0.6 is 0 Å². The molecule has 156 valence electrons. The van der Waals surface area contributed by atoms with Crippen molar-refractivity contribution < 1.29 is 23.8 Å². The molecule has 1 atom stereocenters. The summed E-state index contributed by atoms with van der Waals surface area (Å²) in [7, 11) is 1.45. The monoisotopic (exact) mass is 383 g/mol. The van der Waals surface area contributed by atoms with E-state index in [0.717, 1.165) is 45.1 Å². The molecule has 0 bridgehead atoms. The number of ether oxygens (including phenoxy) is 3. The maximum absolute atomic E-state index is 12.7. The SMILES string of the molecule is COC(=O)C1CCC(OCN2CCCC2C(C)(C)C(=O)OC(C)(C)C)CC1. The first-order valence-electron chi connectivity index (χ1n) is 10.2. The third-order valence-corrected chi connectivity index (χ3v) is 5.81. The van der Waals surface area contributed by atoms with E-state index in [2.05, 4.69) is 4.90 Å². The fraction of sp³-hybridized carbons (Fsp3) is 0.905. The summed E-state index contributed by atoms with van der Waals surface area (Å²) in [4.78, 5) is 26.6. The van der Waals surface area contributed by atoms with Gasteiger partial charge in [-0.15, -0.1) is 0 Å². The van der Waals surface area contributed by atoms with Crippen LogP contribution in [0.4, 0.5) is 0 Å². The van der Waals surface area contributed by atoms with Gasteiger partial charge in [-0.2, -0.15) is 0 Å². The second kappa shape index (κ2) is 8.91. The zero-order chi connectivity index (χ0) is 20.2. The van der Waals surface area contributed by atoms with Crippen LogP contribution < -0.4 is 0 Å². The van der Waals surface area contributed by atoms with Crippen LogP contribution in [0.15, 0.2) is 0 Å². The Hall–Kier alpha value is -1.14. The number of methoxy groups -OCH3 is 1. The summed E-state index contributed by atoms with van der Waals surface area (Å²) in [5.74, 6) is -0.238. The third-order valence-electron chi connectivity index (χ3n) is 5.81. The van der Waals surface area contributed by atoms with Crippen LogP contribution in [0.5, 0.6) is 0 Å². The highest BCUT2D eigenvalue weighted by Crippen LogP contribution is 2.36. The van der Waals surface area contributed by atoms with Crippen LogP contribution in [-0.2, 0) is 23.8 Å². The molecule has 2 rings (SSSR count). The molecule has 2 aliphatic rings. The summed E-state index contributed by atoms with van der Waals surface area (Å²) in [6, 6.07) is 0.124. The van der Waals surface area contributed by atoms with E-state index in [1.54, 1.807) is 0 Å². The van der Waals surface area contributed by atoms with Gasteiger partial charge in [-0.25, -0.2) is 0 Å². The van der Waals surface area contributed by atoms with Crippen LogP contribution in [0.25, 0.3) is 0 Å². The van der Waals surface area contributed by atoms with Gasteiger partial charge >= 0.3 is 11.9 Å². The molecule has 1 heterocycles. The highest BCUT2D eigenvalue weighted by molar-refractivity contribution is 5.77. The number of nitrogens with zero attached hydrogens (tertiary/aromatic N) is 1. The number of hydrogen-bond acceptors (Lipinski definition) is 6. The Bertz CT molecular complexity index is 517. The van der Waals surface area contributed by atoms with E-state index in [1.165, 1.54) is 7.11 Å². The number of likely N-dealkylation sites (tertiary alicyclic amines) is 1. The summed E-state index contributed by atoms with van der Waals surface area (Å²) in [5, 5.41) is 0. The van der Waals surface area contributed by atoms with E-state index in [1.807, 2.05) is 34.6 Å². The minimum atomic E-state index is -0.574. The Balaban J connectivity index is 1.86. The first-order chi connectivity index (χ1) is 12.5. The van der Waals surface area contributed by atoms with Crippen molar-refractivity contribution in [3.8, 4) is 0 Å². The number of carbonyl (C=O) groups is 2. The Kier molecular flexibility index (Phi) is 7.31. The molecule has 1 saturated heterocycles. The van der Waals surface area contributed by atoms with Crippen molar-refractivity contribution in [2.75, 3.05) is 20.4 Å². The molecule has 2 fully saturated rings. The lowest BCUT2D eigenvalue weighted by Crippen LogP contribution is -2.49. The van der Waals surface area contributed by atoms with Crippen molar-refractivity contribution in [2.45, 2.75) is 90.9 Å². The topological polar surface area (TPSA) is 65.1 Å². The molecule has 1 aliphatic heterocycles. The van der Waals surface area contributed by atoms with Crippen molar-refractivity contribution >= 4 is 11.9 Å². The first kappa shape index (κ1) is 22.2. The average Bonchev–Trinajstić information content (AvgIpc) is 3.07. The summed E-state index contributed by atoms with van der Waals surface area (Å²) in [6.07, 6.45) is 5.63. The van der Waals surface area contributed by atoms with Gasteiger partial charge < -0.3 is 14.2 Å². The second-order valence-corrected chi connectivity index (χ2v) is 9.49. The molecule has 1 saturated carbocycles. The van der Waals surface area contributed by atoms with E-state index in [0.29, 0.717) is 6.73 Å². The fourth-order valence-electron chi connectivity index (χ4n) is 4.18. The normalized spacial score (nSPS) is 27.4. The minimum Gasteiger partial charge on any atom is -0.469 e. The molecular formula is C21H37NO5. The molecule has 27 heavy (non-hydrogen) atoms. The lowest BCUT2D eigenvalue weighted by Gasteiger charge is -2.38. The lowest BCUT2D eigenvalue weighted by atomic mass is 9.82. The molecule has 0 aromatic heterocycles. The minimum absolute atomic E-state index is 0.0143. The van der Waals surface area contributed by atoms with E-state index >= 15 is 0 Å². The summed E-state index contributed by atoms with van der Waals surface area (Å²) >= 11 is 0. The zero-order valence-corrected chi connectivity index (χ0v) is 17.9. The zero-order valence-electron chi connectivity index (χ0n) is 17.9. The van der Waals surface area contributed by atoms with Gasteiger partial charge in [-0.1, -0.05) is 0 Å². The molecule has 6 heteroatoms. The Labute approximate surface area is 163 Å². The van der Waals surface area contributed by atoms with Crippen molar-refractivity contribution in [3.63, 3.8) is 0 Å².